The number of ether oxygens (including phenoxy) is 1. The summed E-state index contributed by atoms with van der Waals surface area (Å²) in [5.41, 5.74) is -1.23. The first-order valence-electron chi connectivity index (χ1n) is 9.92. The van der Waals surface area contributed by atoms with Gasteiger partial charge in [-0.1, -0.05) is 24.3 Å². The van der Waals surface area contributed by atoms with Crippen LogP contribution in [0.25, 0.3) is 0 Å². The van der Waals surface area contributed by atoms with Crippen LogP contribution in [0.3, 0.4) is 0 Å². The first kappa shape index (κ1) is 22.2. The van der Waals surface area contributed by atoms with Gasteiger partial charge in [-0.15, -0.1) is 11.8 Å². The number of hydrogen-bond acceptors (Lipinski definition) is 5. The summed E-state index contributed by atoms with van der Waals surface area (Å²) in [7, 11) is 0. The minimum absolute atomic E-state index is 0.127. The number of carbonyl (C=O) groups is 1. The molecule has 2 atom stereocenters. The number of carbonyl (C=O) groups excluding carboxylic acids is 1. The fourth-order valence-corrected chi connectivity index (χ4v) is 5.37. The molecule has 1 fully saturated rings. The summed E-state index contributed by atoms with van der Waals surface area (Å²) in [6, 6.07) is 13.4. The van der Waals surface area contributed by atoms with Crippen LogP contribution in [-0.2, 0) is 16.7 Å². The molecule has 1 amide bonds. The van der Waals surface area contributed by atoms with Gasteiger partial charge in [0.25, 0.3) is 0 Å². The summed E-state index contributed by atoms with van der Waals surface area (Å²) in [5, 5.41) is 21.6. The topological polar surface area (TPSA) is 73.6 Å². The molecule has 32 heavy (non-hydrogen) atoms. The lowest BCUT2D eigenvalue weighted by Gasteiger charge is -2.38. The molecule has 166 valence electrons. The SMILES string of the molecule is CCOc1ccc([C@]2(O)CSC3=C(C#N)[C@H](c4ccc(C(F)(F)F)cc4)CC(=O)N32)cc1. The molecule has 0 saturated carbocycles. The molecule has 9 heteroatoms. The minimum Gasteiger partial charge on any atom is -0.494 e. The van der Waals surface area contributed by atoms with Crippen molar-refractivity contribution in [3.63, 3.8) is 0 Å². The normalized spacial score (nSPS) is 23.2. The Morgan fingerprint density at radius 3 is 2.44 bits per heavy atom. The molecule has 4 rings (SSSR count). The summed E-state index contributed by atoms with van der Waals surface area (Å²) >= 11 is 1.19. The predicted octanol–water partition coefficient (Wildman–Crippen LogP) is 4.75. The van der Waals surface area contributed by atoms with Gasteiger partial charge in [0.1, 0.15) is 5.75 Å². The number of fused-ring (bicyclic) bond motifs is 1. The maximum Gasteiger partial charge on any atom is 0.416 e. The summed E-state index contributed by atoms with van der Waals surface area (Å²) in [6.45, 7) is 2.35. The zero-order chi connectivity index (χ0) is 23.1. The molecule has 2 aliphatic heterocycles. The van der Waals surface area contributed by atoms with E-state index >= 15 is 0 Å². The summed E-state index contributed by atoms with van der Waals surface area (Å²) in [4.78, 5) is 14.4. The Kier molecular flexibility index (Phi) is 5.69. The molecule has 2 aliphatic rings. The van der Waals surface area contributed by atoms with E-state index in [2.05, 4.69) is 6.07 Å². The van der Waals surface area contributed by atoms with E-state index in [-0.39, 0.29) is 17.7 Å². The number of aliphatic hydroxyl groups is 1. The van der Waals surface area contributed by atoms with Gasteiger partial charge in [0, 0.05) is 17.9 Å². The molecule has 1 N–H and O–H groups in total. The fraction of sp³-hybridized carbons (Fsp3) is 0.304. The van der Waals surface area contributed by atoms with Crippen LogP contribution in [-0.4, -0.2) is 28.3 Å². The molecule has 2 aromatic rings. The van der Waals surface area contributed by atoms with Crippen molar-refractivity contribution < 1.29 is 27.8 Å². The van der Waals surface area contributed by atoms with Crippen molar-refractivity contribution >= 4 is 17.7 Å². The number of hydrogen-bond donors (Lipinski definition) is 1. The van der Waals surface area contributed by atoms with Crippen LogP contribution in [0.1, 0.15) is 36.0 Å². The molecule has 0 spiro atoms. The van der Waals surface area contributed by atoms with Crippen LogP contribution in [0, 0.1) is 11.3 Å². The second-order valence-corrected chi connectivity index (χ2v) is 8.46. The van der Waals surface area contributed by atoms with E-state index in [4.69, 9.17) is 4.74 Å². The first-order chi connectivity index (χ1) is 15.2. The molecule has 2 heterocycles. The monoisotopic (exact) mass is 460 g/mol. The van der Waals surface area contributed by atoms with E-state index in [1.807, 2.05) is 6.92 Å². The van der Waals surface area contributed by atoms with Crippen molar-refractivity contribution in [2.75, 3.05) is 12.4 Å². The average Bonchev–Trinajstić information content (AvgIpc) is 3.13. The summed E-state index contributed by atoms with van der Waals surface area (Å²) < 4.78 is 44.1. The van der Waals surface area contributed by atoms with Crippen LogP contribution >= 0.6 is 11.8 Å². The van der Waals surface area contributed by atoms with Crippen LogP contribution in [0.4, 0.5) is 13.2 Å². The van der Waals surface area contributed by atoms with Gasteiger partial charge in [0.05, 0.1) is 34.6 Å². The van der Waals surface area contributed by atoms with Gasteiger partial charge < -0.3 is 9.84 Å². The van der Waals surface area contributed by atoms with Gasteiger partial charge >= 0.3 is 6.18 Å². The maximum atomic E-state index is 13.1. The zero-order valence-electron chi connectivity index (χ0n) is 17.0. The van der Waals surface area contributed by atoms with Gasteiger partial charge in [-0.25, -0.2) is 0 Å². The number of thioether (sulfide) groups is 1. The van der Waals surface area contributed by atoms with Crippen LogP contribution in [0.2, 0.25) is 0 Å². The number of alkyl halides is 3. The first-order valence-corrected chi connectivity index (χ1v) is 10.9. The van der Waals surface area contributed by atoms with Crippen molar-refractivity contribution in [1.29, 1.82) is 5.26 Å². The molecule has 1 saturated heterocycles. The van der Waals surface area contributed by atoms with Crippen LogP contribution in [0.15, 0.2) is 59.1 Å². The van der Waals surface area contributed by atoms with E-state index in [9.17, 15) is 28.3 Å². The van der Waals surface area contributed by atoms with E-state index in [0.717, 1.165) is 12.1 Å². The van der Waals surface area contributed by atoms with Crippen LogP contribution < -0.4 is 4.74 Å². The molecule has 0 aliphatic carbocycles. The highest BCUT2D eigenvalue weighted by Crippen LogP contribution is 2.51. The van der Waals surface area contributed by atoms with Gasteiger partial charge in [-0.3, -0.25) is 9.69 Å². The van der Waals surface area contributed by atoms with Crippen molar-refractivity contribution in [3.8, 4) is 11.8 Å². The molecule has 5 nitrogen and oxygen atoms in total. The second-order valence-electron chi connectivity index (χ2n) is 7.50. The van der Waals surface area contributed by atoms with E-state index in [0.29, 0.717) is 28.5 Å². The molecule has 0 unspecified atom stereocenters. The number of amides is 1. The molecule has 0 radical (unpaired) electrons. The Hall–Kier alpha value is -2.96. The predicted molar refractivity (Wildman–Crippen MR) is 112 cm³/mol. The largest absolute Gasteiger partial charge is 0.494 e. The Morgan fingerprint density at radius 1 is 1.22 bits per heavy atom. The molecule has 0 bridgehead atoms. The highest BCUT2D eigenvalue weighted by molar-refractivity contribution is 8.03. The fourth-order valence-electron chi connectivity index (χ4n) is 4.01. The third-order valence-corrected chi connectivity index (χ3v) is 6.80. The Balaban J connectivity index is 1.70. The molecule has 2 aromatic carbocycles. The Morgan fingerprint density at radius 2 is 1.88 bits per heavy atom. The lowest BCUT2D eigenvalue weighted by molar-refractivity contribution is -0.149. The van der Waals surface area contributed by atoms with Crippen molar-refractivity contribution in [1.82, 2.24) is 4.90 Å². The average molecular weight is 460 g/mol. The molecule has 0 aromatic heterocycles. The quantitative estimate of drug-likeness (QED) is 0.713. The van der Waals surface area contributed by atoms with Gasteiger partial charge in [-0.05, 0) is 36.8 Å². The van der Waals surface area contributed by atoms with Gasteiger partial charge in [0.15, 0.2) is 5.72 Å². The number of nitriles is 1. The number of halogens is 3. The third-order valence-electron chi connectivity index (χ3n) is 5.58. The van der Waals surface area contributed by atoms with E-state index < -0.39 is 29.3 Å². The summed E-state index contributed by atoms with van der Waals surface area (Å²) in [5.74, 6) is -0.305. The van der Waals surface area contributed by atoms with Crippen molar-refractivity contribution in [2.24, 2.45) is 0 Å². The Labute approximate surface area is 187 Å². The highest BCUT2D eigenvalue weighted by atomic mass is 32.2. The number of nitrogens with zero attached hydrogens (tertiary/aromatic N) is 2. The third kappa shape index (κ3) is 3.74. The molecular formula is C23H19F3N2O3S. The van der Waals surface area contributed by atoms with Crippen LogP contribution in [0.5, 0.6) is 5.75 Å². The lowest BCUT2D eigenvalue weighted by atomic mass is 9.85. The standard InChI is InChI=1S/C23H19F3N2O3S/c1-2-31-17-9-7-15(8-10-17)22(30)13-32-21-19(12-27)18(11-20(29)28(21)22)14-3-5-16(6-4-14)23(24,25)26/h3-10,18,30H,2,11,13H2,1H3/t18-,22+/m0/s1. The lowest BCUT2D eigenvalue weighted by Crippen LogP contribution is -2.48. The van der Waals surface area contributed by atoms with Gasteiger partial charge in [-0.2, -0.15) is 18.4 Å². The maximum absolute atomic E-state index is 13.1. The summed E-state index contributed by atoms with van der Waals surface area (Å²) in [6.07, 6.45) is -4.60. The number of benzene rings is 2. The van der Waals surface area contributed by atoms with Crippen molar-refractivity contribution in [2.45, 2.75) is 31.2 Å². The van der Waals surface area contributed by atoms with Gasteiger partial charge in [0.2, 0.25) is 5.91 Å². The molecular weight excluding hydrogens is 441 g/mol. The zero-order valence-corrected chi connectivity index (χ0v) is 17.8. The number of rotatable bonds is 4. The van der Waals surface area contributed by atoms with E-state index in [1.165, 1.54) is 28.8 Å². The van der Waals surface area contributed by atoms with E-state index in [1.54, 1.807) is 24.3 Å². The number of allylic oxidation sites excluding steroid dienone is 1. The smallest absolute Gasteiger partial charge is 0.416 e. The Bertz CT molecular complexity index is 1110. The highest BCUT2D eigenvalue weighted by Gasteiger charge is 2.51. The second kappa shape index (κ2) is 8.19. The minimum atomic E-state index is -4.47. The van der Waals surface area contributed by atoms with Crippen molar-refractivity contribution in [3.05, 3.63) is 75.8 Å².